The van der Waals surface area contributed by atoms with Crippen LogP contribution in [0.5, 0.6) is 0 Å². The Labute approximate surface area is 78.5 Å². The van der Waals surface area contributed by atoms with Gasteiger partial charge in [-0.05, 0) is 26.2 Å². The fraction of sp³-hybridized carbons (Fsp3) is 0.800. The molecule has 0 aromatic heterocycles. The van der Waals surface area contributed by atoms with Crippen LogP contribution in [0.25, 0.3) is 0 Å². The van der Waals surface area contributed by atoms with Gasteiger partial charge in [-0.25, -0.2) is 0 Å². The Balaban J connectivity index is 2.62. The van der Waals surface area contributed by atoms with Gasteiger partial charge >= 0.3 is 5.97 Å². The Morgan fingerprint density at radius 1 is 1.54 bits per heavy atom. The molecule has 0 heterocycles. The Hall–Kier alpha value is -0.860. The van der Waals surface area contributed by atoms with E-state index in [1.807, 2.05) is 0 Å². The predicted octanol–water partition coefficient (Wildman–Crippen LogP) is 1.84. The highest BCUT2D eigenvalue weighted by molar-refractivity contribution is 5.89. The number of esters is 1. The first-order chi connectivity index (χ1) is 6.08. The van der Waals surface area contributed by atoms with Crippen molar-refractivity contribution >= 4 is 11.8 Å². The van der Waals surface area contributed by atoms with E-state index in [0.717, 1.165) is 12.8 Å². The smallest absolute Gasteiger partial charge is 0.306 e. The van der Waals surface area contributed by atoms with Gasteiger partial charge in [-0.2, -0.15) is 0 Å². The minimum absolute atomic E-state index is 0.0700. The van der Waals surface area contributed by atoms with Gasteiger partial charge in [0.25, 0.3) is 0 Å². The van der Waals surface area contributed by atoms with Crippen LogP contribution in [-0.4, -0.2) is 17.4 Å². The van der Waals surface area contributed by atoms with Gasteiger partial charge < -0.3 is 4.74 Å². The topological polar surface area (TPSA) is 43.4 Å². The molecule has 13 heavy (non-hydrogen) atoms. The fourth-order valence-corrected chi connectivity index (χ4v) is 1.58. The second-order valence-corrected chi connectivity index (χ2v) is 3.69. The quantitative estimate of drug-likeness (QED) is 0.615. The summed E-state index contributed by atoms with van der Waals surface area (Å²) in [6, 6.07) is 0. The minimum Gasteiger partial charge on any atom is -0.451 e. The van der Waals surface area contributed by atoms with Crippen LogP contribution in [0.3, 0.4) is 0 Å². The second-order valence-electron chi connectivity index (χ2n) is 3.69. The molecule has 0 aromatic rings. The van der Waals surface area contributed by atoms with Crippen molar-refractivity contribution in [3.63, 3.8) is 0 Å². The molecule has 0 radical (unpaired) electrons. The van der Waals surface area contributed by atoms with Gasteiger partial charge in [0, 0.05) is 12.8 Å². The van der Waals surface area contributed by atoms with Crippen LogP contribution in [0.2, 0.25) is 0 Å². The van der Waals surface area contributed by atoms with Crippen LogP contribution in [-0.2, 0) is 14.3 Å². The summed E-state index contributed by atoms with van der Waals surface area (Å²) in [7, 11) is 0. The number of ether oxygens (including phenoxy) is 1. The molecule has 1 aliphatic rings. The molecule has 0 bridgehead atoms. The van der Waals surface area contributed by atoms with Crippen LogP contribution in [0.4, 0.5) is 0 Å². The summed E-state index contributed by atoms with van der Waals surface area (Å²) in [6.45, 7) is 3.46. The van der Waals surface area contributed by atoms with Gasteiger partial charge in [0.1, 0.15) is 0 Å². The second kappa shape index (κ2) is 3.90. The Kier molecular flexibility index (Phi) is 3.07. The molecule has 1 atom stereocenters. The predicted molar refractivity (Wildman–Crippen MR) is 48.3 cm³/mol. The van der Waals surface area contributed by atoms with Gasteiger partial charge in [0.05, 0.1) is 0 Å². The standard InChI is InChI=1S/C10H16O3/c1-3-9(12)13-10(2)7-5-4-6-8(10)11/h3-7H2,1-2H3. The van der Waals surface area contributed by atoms with Crippen molar-refractivity contribution in [3.05, 3.63) is 0 Å². The van der Waals surface area contributed by atoms with Gasteiger partial charge in [-0.1, -0.05) is 6.92 Å². The lowest BCUT2D eigenvalue weighted by Gasteiger charge is -2.31. The normalized spacial score (nSPS) is 28.6. The number of ketones is 1. The zero-order valence-electron chi connectivity index (χ0n) is 8.26. The van der Waals surface area contributed by atoms with Crippen molar-refractivity contribution in [2.24, 2.45) is 0 Å². The maximum Gasteiger partial charge on any atom is 0.306 e. The van der Waals surface area contributed by atoms with Gasteiger partial charge in [0.15, 0.2) is 11.4 Å². The molecule has 1 unspecified atom stereocenters. The third-order valence-electron chi connectivity index (χ3n) is 2.53. The van der Waals surface area contributed by atoms with E-state index in [9.17, 15) is 9.59 Å². The maximum atomic E-state index is 11.5. The van der Waals surface area contributed by atoms with E-state index in [1.54, 1.807) is 13.8 Å². The molecule has 0 spiro atoms. The van der Waals surface area contributed by atoms with Gasteiger partial charge in [-0.15, -0.1) is 0 Å². The SMILES string of the molecule is CCC(=O)OC1(C)CCCCC1=O. The van der Waals surface area contributed by atoms with Crippen molar-refractivity contribution in [2.75, 3.05) is 0 Å². The summed E-state index contributed by atoms with van der Waals surface area (Å²) >= 11 is 0. The van der Waals surface area contributed by atoms with Gasteiger partial charge in [0.2, 0.25) is 0 Å². The van der Waals surface area contributed by atoms with Crippen LogP contribution in [0.15, 0.2) is 0 Å². The summed E-state index contributed by atoms with van der Waals surface area (Å²) in [5.74, 6) is -0.210. The third kappa shape index (κ3) is 2.29. The largest absolute Gasteiger partial charge is 0.451 e. The van der Waals surface area contributed by atoms with E-state index >= 15 is 0 Å². The lowest BCUT2D eigenvalue weighted by atomic mass is 9.85. The minimum atomic E-state index is -0.828. The van der Waals surface area contributed by atoms with Gasteiger partial charge in [-0.3, -0.25) is 9.59 Å². The molecule has 0 aromatic carbocycles. The molecule has 0 saturated heterocycles. The van der Waals surface area contributed by atoms with Crippen molar-refractivity contribution in [1.29, 1.82) is 0 Å². The lowest BCUT2D eigenvalue weighted by Crippen LogP contribution is -2.42. The molecule has 0 aliphatic heterocycles. The maximum absolute atomic E-state index is 11.5. The summed E-state index contributed by atoms with van der Waals surface area (Å²) < 4.78 is 5.15. The number of Topliss-reactive ketones (excluding diaryl/α,β-unsaturated/α-hetero) is 1. The molecular weight excluding hydrogens is 168 g/mol. The molecule has 1 aliphatic carbocycles. The fourth-order valence-electron chi connectivity index (χ4n) is 1.58. The molecular formula is C10H16O3. The number of carbonyl (C=O) groups is 2. The molecule has 3 nitrogen and oxygen atoms in total. The van der Waals surface area contributed by atoms with Crippen LogP contribution < -0.4 is 0 Å². The van der Waals surface area contributed by atoms with Crippen molar-refractivity contribution in [2.45, 2.75) is 51.6 Å². The van der Waals surface area contributed by atoms with Crippen LogP contribution >= 0.6 is 0 Å². The summed E-state index contributed by atoms with van der Waals surface area (Å²) in [5.41, 5.74) is -0.828. The first kappa shape index (κ1) is 10.2. The summed E-state index contributed by atoms with van der Waals surface area (Å²) in [6.07, 6.45) is 3.46. The molecule has 1 fully saturated rings. The highest BCUT2D eigenvalue weighted by Gasteiger charge is 2.38. The third-order valence-corrected chi connectivity index (χ3v) is 2.53. The zero-order valence-corrected chi connectivity index (χ0v) is 8.26. The number of rotatable bonds is 2. The van der Waals surface area contributed by atoms with Crippen molar-refractivity contribution in [3.8, 4) is 0 Å². The first-order valence-electron chi connectivity index (χ1n) is 4.83. The number of carbonyl (C=O) groups excluding carboxylic acids is 2. The number of hydrogen-bond acceptors (Lipinski definition) is 3. The van der Waals surface area contributed by atoms with E-state index in [4.69, 9.17) is 4.74 Å². The molecule has 0 N–H and O–H groups in total. The average Bonchev–Trinajstić information content (AvgIpc) is 2.10. The van der Waals surface area contributed by atoms with Crippen molar-refractivity contribution < 1.29 is 14.3 Å². The number of hydrogen-bond donors (Lipinski definition) is 0. The average molecular weight is 184 g/mol. The van der Waals surface area contributed by atoms with E-state index in [1.165, 1.54) is 0 Å². The first-order valence-corrected chi connectivity index (χ1v) is 4.83. The summed E-state index contributed by atoms with van der Waals surface area (Å²) in [5, 5.41) is 0. The molecule has 1 rings (SSSR count). The van der Waals surface area contributed by atoms with Crippen LogP contribution in [0, 0.1) is 0 Å². The van der Waals surface area contributed by atoms with E-state index < -0.39 is 5.60 Å². The zero-order chi connectivity index (χ0) is 9.90. The molecule has 3 heteroatoms. The van der Waals surface area contributed by atoms with Crippen molar-refractivity contribution in [1.82, 2.24) is 0 Å². The summed E-state index contributed by atoms with van der Waals surface area (Å²) in [4.78, 5) is 22.5. The molecule has 0 amide bonds. The molecule has 74 valence electrons. The Morgan fingerprint density at radius 2 is 2.23 bits per heavy atom. The highest BCUT2D eigenvalue weighted by atomic mass is 16.6. The van der Waals surface area contributed by atoms with E-state index in [-0.39, 0.29) is 11.8 Å². The Bertz CT molecular complexity index is 222. The van der Waals surface area contributed by atoms with Crippen LogP contribution in [0.1, 0.15) is 46.0 Å². The lowest BCUT2D eigenvalue weighted by molar-refractivity contribution is -0.168. The van der Waals surface area contributed by atoms with E-state index in [0.29, 0.717) is 19.3 Å². The van der Waals surface area contributed by atoms with E-state index in [2.05, 4.69) is 0 Å². The monoisotopic (exact) mass is 184 g/mol. The highest BCUT2D eigenvalue weighted by Crippen LogP contribution is 2.28. The molecule has 1 saturated carbocycles. The Morgan fingerprint density at radius 3 is 2.77 bits per heavy atom.